The molecule has 0 aliphatic carbocycles. The molecule has 2 rings (SSSR count). The number of hydrogen-bond acceptors (Lipinski definition) is 3. The summed E-state index contributed by atoms with van der Waals surface area (Å²) >= 11 is 6.28. The van der Waals surface area contributed by atoms with Crippen LogP contribution in [0, 0.1) is 13.8 Å². The van der Waals surface area contributed by atoms with Crippen LogP contribution in [0.2, 0.25) is 5.02 Å². The van der Waals surface area contributed by atoms with Gasteiger partial charge in [0.1, 0.15) is 5.75 Å². The average Bonchev–Trinajstić information content (AvgIpc) is 2.57. The van der Waals surface area contributed by atoms with Gasteiger partial charge in [-0.2, -0.15) is 0 Å². The van der Waals surface area contributed by atoms with Gasteiger partial charge in [0.15, 0.2) is 6.61 Å². The summed E-state index contributed by atoms with van der Waals surface area (Å²) in [5.74, 6) is 0.547. The zero-order valence-corrected chi connectivity index (χ0v) is 15.9. The number of carbonyl (C=O) groups excluding carboxylic acids is 1. The molecular formula is C20H25ClN2O2. The minimum Gasteiger partial charge on any atom is -0.484 e. The number of rotatable bonds is 7. The van der Waals surface area contributed by atoms with Gasteiger partial charge < -0.3 is 15.0 Å². The van der Waals surface area contributed by atoms with Crippen LogP contribution in [-0.4, -0.2) is 38.1 Å². The molecule has 25 heavy (non-hydrogen) atoms. The van der Waals surface area contributed by atoms with Gasteiger partial charge in [0.2, 0.25) is 0 Å². The lowest BCUT2D eigenvalue weighted by atomic mass is 10.1. The van der Waals surface area contributed by atoms with Crippen molar-refractivity contribution in [3.8, 4) is 5.75 Å². The van der Waals surface area contributed by atoms with E-state index in [1.807, 2.05) is 75.3 Å². The molecule has 134 valence electrons. The first kappa shape index (κ1) is 19.3. The first-order chi connectivity index (χ1) is 11.9. The van der Waals surface area contributed by atoms with Gasteiger partial charge in [-0.1, -0.05) is 35.9 Å². The Kier molecular flexibility index (Phi) is 6.85. The molecule has 0 aromatic heterocycles. The molecule has 0 spiro atoms. The van der Waals surface area contributed by atoms with Crippen molar-refractivity contribution in [3.63, 3.8) is 0 Å². The molecule has 1 N–H and O–H groups in total. The number of ether oxygens (including phenoxy) is 1. The Morgan fingerprint density at radius 3 is 2.52 bits per heavy atom. The average molecular weight is 361 g/mol. The fraction of sp³-hybridized carbons (Fsp3) is 0.350. The third-order valence-corrected chi connectivity index (χ3v) is 4.57. The molecule has 0 fully saturated rings. The number of hydrogen-bond donors (Lipinski definition) is 1. The van der Waals surface area contributed by atoms with Gasteiger partial charge in [-0.3, -0.25) is 4.79 Å². The highest BCUT2D eigenvalue weighted by molar-refractivity contribution is 6.31. The van der Waals surface area contributed by atoms with E-state index in [0.717, 1.165) is 11.1 Å². The molecule has 0 heterocycles. The van der Waals surface area contributed by atoms with Crippen molar-refractivity contribution in [2.75, 3.05) is 27.2 Å². The van der Waals surface area contributed by atoms with Crippen molar-refractivity contribution in [1.82, 2.24) is 10.2 Å². The van der Waals surface area contributed by atoms with Crippen molar-refractivity contribution in [1.29, 1.82) is 0 Å². The summed E-state index contributed by atoms with van der Waals surface area (Å²) in [6.07, 6.45) is 0. The van der Waals surface area contributed by atoms with Crippen LogP contribution in [0.15, 0.2) is 42.5 Å². The SMILES string of the molecule is Cc1ccc(OCC(=O)NCC(c2ccccc2Cl)N(C)C)cc1C. The van der Waals surface area contributed by atoms with E-state index in [2.05, 4.69) is 5.32 Å². The summed E-state index contributed by atoms with van der Waals surface area (Å²) < 4.78 is 5.57. The second-order valence-corrected chi connectivity index (χ2v) is 6.75. The van der Waals surface area contributed by atoms with Crippen LogP contribution in [0.4, 0.5) is 0 Å². The molecule has 0 bridgehead atoms. The Morgan fingerprint density at radius 2 is 1.88 bits per heavy atom. The third-order valence-electron chi connectivity index (χ3n) is 4.23. The first-order valence-corrected chi connectivity index (χ1v) is 8.64. The highest BCUT2D eigenvalue weighted by atomic mass is 35.5. The van der Waals surface area contributed by atoms with Crippen LogP contribution in [0.3, 0.4) is 0 Å². The predicted molar refractivity (Wildman–Crippen MR) is 102 cm³/mol. The lowest BCUT2D eigenvalue weighted by Gasteiger charge is -2.26. The lowest BCUT2D eigenvalue weighted by Crippen LogP contribution is -2.37. The molecule has 0 radical (unpaired) electrons. The van der Waals surface area contributed by atoms with E-state index in [-0.39, 0.29) is 18.6 Å². The van der Waals surface area contributed by atoms with Gasteiger partial charge in [-0.05, 0) is 62.8 Å². The van der Waals surface area contributed by atoms with Crippen molar-refractivity contribution in [3.05, 3.63) is 64.2 Å². The summed E-state index contributed by atoms with van der Waals surface area (Å²) in [4.78, 5) is 14.2. The van der Waals surface area contributed by atoms with Crippen molar-refractivity contribution in [2.45, 2.75) is 19.9 Å². The standard InChI is InChI=1S/C20H25ClN2O2/c1-14-9-10-16(11-15(14)2)25-13-20(24)22-12-19(23(3)4)17-7-5-6-8-18(17)21/h5-11,19H,12-13H2,1-4H3,(H,22,24). The van der Waals surface area contributed by atoms with Crippen molar-refractivity contribution in [2.24, 2.45) is 0 Å². The summed E-state index contributed by atoms with van der Waals surface area (Å²) in [6.45, 7) is 4.52. The molecule has 0 saturated heterocycles. The molecule has 0 saturated carbocycles. The molecule has 2 aromatic carbocycles. The third kappa shape index (κ3) is 5.48. The van der Waals surface area contributed by atoms with Crippen LogP contribution in [0.1, 0.15) is 22.7 Å². The molecule has 1 atom stereocenters. The molecule has 4 nitrogen and oxygen atoms in total. The summed E-state index contributed by atoms with van der Waals surface area (Å²) in [6, 6.07) is 13.5. The zero-order valence-electron chi connectivity index (χ0n) is 15.2. The number of likely N-dealkylation sites (N-methyl/N-ethyl adjacent to an activating group) is 1. The fourth-order valence-corrected chi connectivity index (χ4v) is 2.79. The minimum absolute atomic E-state index is 0.000677. The Balaban J connectivity index is 1.91. The zero-order chi connectivity index (χ0) is 18.4. The fourth-order valence-electron chi connectivity index (χ4n) is 2.53. The van der Waals surface area contributed by atoms with Gasteiger partial charge in [-0.15, -0.1) is 0 Å². The van der Waals surface area contributed by atoms with Gasteiger partial charge in [0, 0.05) is 11.6 Å². The maximum absolute atomic E-state index is 12.1. The van der Waals surface area contributed by atoms with E-state index in [1.165, 1.54) is 5.56 Å². The van der Waals surface area contributed by atoms with E-state index >= 15 is 0 Å². The summed E-state index contributed by atoms with van der Waals surface area (Å²) in [5.41, 5.74) is 3.33. The molecular weight excluding hydrogens is 336 g/mol. The number of benzene rings is 2. The van der Waals surface area contributed by atoms with E-state index in [1.54, 1.807) is 0 Å². The first-order valence-electron chi connectivity index (χ1n) is 8.26. The number of halogens is 1. The monoisotopic (exact) mass is 360 g/mol. The van der Waals surface area contributed by atoms with E-state index in [4.69, 9.17) is 16.3 Å². The molecule has 0 aliphatic rings. The molecule has 5 heteroatoms. The highest BCUT2D eigenvalue weighted by Crippen LogP contribution is 2.25. The minimum atomic E-state index is -0.155. The maximum atomic E-state index is 12.1. The van der Waals surface area contributed by atoms with Crippen LogP contribution in [-0.2, 0) is 4.79 Å². The lowest BCUT2D eigenvalue weighted by molar-refractivity contribution is -0.123. The van der Waals surface area contributed by atoms with Gasteiger partial charge >= 0.3 is 0 Å². The molecule has 2 aromatic rings. The quantitative estimate of drug-likeness (QED) is 0.817. The normalized spacial score (nSPS) is 12.1. The van der Waals surface area contributed by atoms with Gasteiger partial charge in [0.05, 0.1) is 6.04 Å². The largest absolute Gasteiger partial charge is 0.484 e. The molecule has 0 aliphatic heterocycles. The number of amides is 1. The van der Waals surface area contributed by atoms with Gasteiger partial charge in [0.25, 0.3) is 5.91 Å². The molecule has 1 unspecified atom stereocenters. The van der Waals surface area contributed by atoms with E-state index in [9.17, 15) is 4.79 Å². The van der Waals surface area contributed by atoms with Gasteiger partial charge in [-0.25, -0.2) is 0 Å². The Morgan fingerprint density at radius 1 is 1.16 bits per heavy atom. The summed E-state index contributed by atoms with van der Waals surface area (Å²) in [7, 11) is 3.93. The summed E-state index contributed by atoms with van der Waals surface area (Å²) in [5, 5.41) is 3.62. The maximum Gasteiger partial charge on any atom is 0.258 e. The van der Waals surface area contributed by atoms with Crippen LogP contribution >= 0.6 is 11.6 Å². The number of aryl methyl sites for hydroxylation is 2. The topological polar surface area (TPSA) is 41.6 Å². The second-order valence-electron chi connectivity index (χ2n) is 6.34. The van der Waals surface area contributed by atoms with E-state index < -0.39 is 0 Å². The number of carbonyl (C=O) groups is 1. The molecule has 1 amide bonds. The second kappa shape index (κ2) is 8.88. The van der Waals surface area contributed by atoms with E-state index in [0.29, 0.717) is 17.3 Å². The van der Waals surface area contributed by atoms with Crippen molar-refractivity contribution >= 4 is 17.5 Å². The van der Waals surface area contributed by atoms with Crippen molar-refractivity contribution < 1.29 is 9.53 Å². The van der Waals surface area contributed by atoms with Crippen LogP contribution in [0.25, 0.3) is 0 Å². The number of nitrogens with zero attached hydrogens (tertiary/aromatic N) is 1. The highest BCUT2D eigenvalue weighted by Gasteiger charge is 2.17. The van der Waals surface area contributed by atoms with Crippen LogP contribution in [0.5, 0.6) is 5.75 Å². The predicted octanol–water partition coefficient (Wildman–Crippen LogP) is 3.75. The Hall–Kier alpha value is -2.04. The number of nitrogens with one attached hydrogen (secondary N) is 1. The smallest absolute Gasteiger partial charge is 0.258 e. The Labute approximate surface area is 154 Å². The Bertz CT molecular complexity index is 731. The van der Waals surface area contributed by atoms with Crippen LogP contribution < -0.4 is 10.1 Å².